The number of halogens is 2. The largest absolute Gasteiger partial charge is 0.353 e. The zero-order chi connectivity index (χ0) is 13.1. The second-order valence-electron chi connectivity index (χ2n) is 4.74. The standard InChI is InChI=1S/C13H19BrClN3/c1-2-18(12-5-3-4-9(12)7-16)13-11(14)6-10(15)8-17-13/h6,8-9,12H,2-5,7,16H2,1H3. The van der Waals surface area contributed by atoms with E-state index in [1.54, 1.807) is 6.20 Å². The van der Waals surface area contributed by atoms with Gasteiger partial charge in [0, 0.05) is 18.8 Å². The van der Waals surface area contributed by atoms with Gasteiger partial charge >= 0.3 is 0 Å². The summed E-state index contributed by atoms with van der Waals surface area (Å²) in [6.45, 7) is 3.86. The van der Waals surface area contributed by atoms with Crippen molar-refractivity contribution < 1.29 is 0 Å². The molecular weight excluding hydrogens is 314 g/mol. The molecule has 1 aromatic heterocycles. The number of hydrogen-bond acceptors (Lipinski definition) is 3. The first kappa shape index (κ1) is 14.1. The molecule has 0 radical (unpaired) electrons. The maximum absolute atomic E-state index is 5.95. The SMILES string of the molecule is CCN(c1ncc(Cl)cc1Br)C1CCCC1CN. The smallest absolute Gasteiger partial charge is 0.143 e. The summed E-state index contributed by atoms with van der Waals surface area (Å²) >= 11 is 9.51. The number of pyridine rings is 1. The van der Waals surface area contributed by atoms with Crippen LogP contribution >= 0.6 is 27.5 Å². The van der Waals surface area contributed by atoms with E-state index in [2.05, 4.69) is 32.7 Å². The Morgan fingerprint density at radius 1 is 1.56 bits per heavy atom. The quantitative estimate of drug-likeness (QED) is 0.918. The normalized spacial score (nSPS) is 23.3. The molecule has 1 aromatic rings. The van der Waals surface area contributed by atoms with Gasteiger partial charge in [-0.25, -0.2) is 4.98 Å². The number of nitrogens with two attached hydrogens (primary N) is 1. The van der Waals surface area contributed by atoms with Crippen molar-refractivity contribution in [2.45, 2.75) is 32.2 Å². The maximum atomic E-state index is 5.95. The molecule has 3 nitrogen and oxygen atoms in total. The first-order chi connectivity index (χ1) is 8.67. The van der Waals surface area contributed by atoms with Crippen LogP contribution in [0.5, 0.6) is 0 Å². The van der Waals surface area contributed by atoms with Crippen LogP contribution < -0.4 is 10.6 Å². The second kappa shape index (κ2) is 6.22. The minimum atomic E-state index is 0.505. The topological polar surface area (TPSA) is 42.2 Å². The number of anilines is 1. The molecule has 18 heavy (non-hydrogen) atoms. The van der Waals surface area contributed by atoms with E-state index in [0.29, 0.717) is 17.0 Å². The first-order valence-electron chi connectivity index (χ1n) is 6.45. The summed E-state index contributed by atoms with van der Waals surface area (Å²) in [6, 6.07) is 2.41. The van der Waals surface area contributed by atoms with Gasteiger partial charge in [-0.1, -0.05) is 18.0 Å². The summed E-state index contributed by atoms with van der Waals surface area (Å²) in [5.41, 5.74) is 5.88. The van der Waals surface area contributed by atoms with Crippen LogP contribution in [-0.2, 0) is 0 Å². The van der Waals surface area contributed by atoms with Gasteiger partial charge < -0.3 is 10.6 Å². The molecular formula is C13H19BrClN3. The molecule has 1 heterocycles. The van der Waals surface area contributed by atoms with E-state index in [1.165, 1.54) is 19.3 Å². The van der Waals surface area contributed by atoms with E-state index in [0.717, 1.165) is 23.4 Å². The summed E-state index contributed by atoms with van der Waals surface area (Å²) in [7, 11) is 0. The number of nitrogens with zero attached hydrogens (tertiary/aromatic N) is 2. The lowest BCUT2D eigenvalue weighted by atomic mass is 10.0. The van der Waals surface area contributed by atoms with E-state index in [4.69, 9.17) is 17.3 Å². The summed E-state index contributed by atoms with van der Waals surface area (Å²) in [5, 5.41) is 0.656. The van der Waals surface area contributed by atoms with Crippen LogP contribution in [-0.4, -0.2) is 24.1 Å². The molecule has 2 unspecified atom stereocenters. The van der Waals surface area contributed by atoms with E-state index in [9.17, 15) is 0 Å². The van der Waals surface area contributed by atoms with Gasteiger partial charge in [-0.3, -0.25) is 0 Å². The molecule has 5 heteroatoms. The van der Waals surface area contributed by atoms with Crippen LogP contribution in [0.1, 0.15) is 26.2 Å². The average Bonchev–Trinajstić information content (AvgIpc) is 2.81. The Morgan fingerprint density at radius 2 is 2.33 bits per heavy atom. The molecule has 0 spiro atoms. The van der Waals surface area contributed by atoms with Crippen molar-refractivity contribution in [3.05, 3.63) is 21.8 Å². The number of rotatable bonds is 4. The second-order valence-corrected chi connectivity index (χ2v) is 6.03. The zero-order valence-electron chi connectivity index (χ0n) is 10.6. The predicted octanol–water partition coefficient (Wildman–Crippen LogP) is 3.45. The Balaban J connectivity index is 2.27. The predicted molar refractivity (Wildman–Crippen MR) is 80.2 cm³/mol. The van der Waals surface area contributed by atoms with Crippen LogP contribution in [0.15, 0.2) is 16.7 Å². The molecule has 2 atom stereocenters. The zero-order valence-corrected chi connectivity index (χ0v) is 12.9. The third-order valence-corrected chi connectivity index (χ3v) is 4.51. The van der Waals surface area contributed by atoms with Gasteiger partial charge in [0.15, 0.2) is 0 Å². The Labute approximate surface area is 122 Å². The van der Waals surface area contributed by atoms with Crippen molar-refractivity contribution in [3.63, 3.8) is 0 Å². The van der Waals surface area contributed by atoms with Gasteiger partial charge in [-0.15, -0.1) is 0 Å². The number of aromatic nitrogens is 1. The molecule has 1 aliphatic carbocycles. The van der Waals surface area contributed by atoms with Crippen LogP contribution in [0.25, 0.3) is 0 Å². The third-order valence-electron chi connectivity index (χ3n) is 3.72. The summed E-state index contributed by atoms with van der Waals surface area (Å²) in [6.07, 6.45) is 5.39. The fourth-order valence-corrected chi connectivity index (χ4v) is 3.73. The summed E-state index contributed by atoms with van der Waals surface area (Å²) < 4.78 is 0.958. The lowest BCUT2D eigenvalue weighted by Gasteiger charge is -2.33. The molecule has 0 saturated heterocycles. The van der Waals surface area contributed by atoms with Crippen molar-refractivity contribution in [3.8, 4) is 0 Å². The highest BCUT2D eigenvalue weighted by Gasteiger charge is 2.31. The van der Waals surface area contributed by atoms with Gasteiger partial charge in [-0.05, 0) is 54.2 Å². The van der Waals surface area contributed by atoms with Crippen molar-refractivity contribution in [1.29, 1.82) is 0 Å². The fraction of sp³-hybridized carbons (Fsp3) is 0.615. The summed E-state index contributed by atoms with van der Waals surface area (Å²) in [4.78, 5) is 6.82. The van der Waals surface area contributed by atoms with E-state index >= 15 is 0 Å². The highest BCUT2D eigenvalue weighted by atomic mass is 79.9. The van der Waals surface area contributed by atoms with E-state index in [-0.39, 0.29) is 0 Å². The third kappa shape index (κ3) is 2.81. The molecule has 0 amide bonds. The van der Waals surface area contributed by atoms with Gasteiger partial charge in [0.1, 0.15) is 5.82 Å². The van der Waals surface area contributed by atoms with E-state index in [1.807, 2.05) is 6.07 Å². The minimum absolute atomic E-state index is 0.505. The van der Waals surface area contributed by atoms with Crippen LogP contribution in [0.3, 0.4) is 0 Å². The number of hydrogen-bond donors (Lipinski definition) is 1. The summed E-state index contributed by atoms with van der Waals surface area (Å²) in [5.74, 6) is 1.56. The molecule has 1 saturated carbocycles. The Kier molecular flexibility index (Phi) is 4.87. The molecule has 0 bridgehead atoms. The highest BCUT2D eigenvalue weighted by Crippen LogP contribution is 2.35. The van der Waals surface area contributed by atoms with Gasteiger partial charge in [0.05, 0.1) is 9.50 Å². The lowest BCUT2D eigenvalue weighted by Crippen LogP contribution is -2.41. The van der Waals surface area contributed by atoms with Gasteiger partial charge in [-0.2, -0.15) is 0 Å². The Bertz CT molecular complexity index is 413. The molecule has 2 N–H and O–H groups in total. The molecule has 0 aromatic carbocycles. The van der Waals surface area contributed by atoms with Crippen molar-refractivity contribution >= 4 is 33.3 Å². The molecule has 1 fully saturated rings. The monoisotopic (exact) mass is 331 g/mol. The van der Waals surface area contributed by atoms with Crippen LogP contribution in [0.4, 0.5) is 5.82 Å². The molecule has 1 aliphatic rings. The van der Waals surface area contributed by atoms with Gasteiger partial charge in [0.25, 0.3) is 0 Å². The molecule has 0 aliphatic heterocycles. The lowest BCUT2D eigenvalue weighted by molar-refractivity contribution is 0.459. The van der Waals surface area contributed by atoms with Crippen LogP contribution in [0.2, 0.25) is 5.02 Å². The van der Waals surface area contributed by atoms with Crippen molar-refractivity contribution in [2.24, 2.45) is 11.7 Å². The van der Waals surface area contributed by atoms with Crippen molar-refractivity contribution in [2.75, 3.05) is 18.0 Å². The van der Waals surface area contributed by atoms with Crippen LogP contribution in [0, 0.1) is 5.92 Å². The first-order valence-corrected chi connectivity index (χ1v) is 7.62. The maximum Gasteiger partial charge on any atom is 0.143 e. The average molecular weight is 333 g/mol. The van der Waals surface area contributed by atoms with Crippen molar-refractivity contribution in [1.82, 2.24) is 4.98 Å². The van der Waals surface area contributed by atoms with Gasteiger partial charge in [0.2, 0.25) is 0 Å². The highest BCUT2D eigenvalue weighted by molar-refractivity contribution is 9.10. The van der Waals surface area contributed by atoms with E-state index < -0.39 is 0 Å². The molecule has 2 rings (SSSR count). The Hall–Kier alpha value is -0.320. The minimum Gasteiger partial charge on any atom is -0.353 e. The fourth-order valence-electron chi connectivity index (χ4n) is 2.86. The molecule has 100 valence electrons. The Morgan fingerprint density at radius 3 is 2.94 bits per heavy atom.